The lowest BCUT2D eigenvalue weighted by Gasteiger charge is -2.25. The zero-order valence-corrected chi connectivity index (χ0v) is 17.3. The number of benzene rings is 2. The molecule has 28 heavy (non-hydrogen) atoms. The molecule has 2 heteroatoms. The van der Waals surface area contributed by atoms with Gasteiger partial charge in [0.25, 0.3) is 0 Å². The molecule has 0 bridgehead atoms. The van der Waals surface area contributed by atoms with Crippen LogP contribution in [0.3, 0.4) is 0 Å². The van der Waals surface area contributed by atoms with Crippen LogP contribution in [0.1, 0.15) is 80.9 Å². The lowest BCUT2D eigenvalue weighted by molar-refractivity contribution is 0.294. The molecule has 2 fully saturated rings. The van der Waals surface area contributed by atoms with E-state index in [9.17, 15) is 0 Å². The van der Waals surface area contributed by atoms with E-state index in [1.807, 2.05) is 0 Å². The lowest BCUT2D eigenvalue weighted by Crippen LogP contribution is -2.28. The summed E-state index contributed by atoms with van der Waals surface area (Å²) in [4.78, 5) is 0. The van der Waals surface area contributed by atoms with Gasteiger partial charge in [0, 0.05) is 18.2 Å². The van der Waals surface area contributed by atoms with E-state index in [0.717, 1.165) is 24.1 Å². The van der Waals surface area contributed by atoms with E-state index in [1.165, 1.54) is 68.1 Å². The quantitative estimate of drug-likeness (QED) is 0.532. The molecule has 150 valence electrons. The van der Waals surface area contributed by atoms with Gasteiger partial charge in [0.15, 0.2) is 0 Å². The first-order valence-electron chi connectivity index (χ1n) is 11.3. The van der Waals surface area contributed by atoms with E-state index >= 15 is 0 Å². The van der Waals surface area contributed by atoms with E-state index in [1.54, 1.807) is 0 Å². The summed E-state index contributed by atoms with van der Waals surface area (Å²) >= 11 is 0. The van der Waals surface area contributed by atoms with E-state index in [0.29, 0.717) is 12.6 Å². The van der Waals surface area contributed by atoms with E-state index in [4.69, 9.17) is 4.74 Å². The third-order valence-electron chi connectivity index (χ3n) is 6.48. The van der Waals surface area contributed by atoms with E-state index < -0.39 is 0 Å². The van der Waals surface area contributed by atoms with Gasteiger partial charge in [-0.1, -0.05) is 74.6 Å². The average Bonchev–Trinajstić information content (AvgIpc) is 3.57. The normalized spacial score (nSPS) is 18.8. The molecule has 1 atom stereocenters. The van der Waals surface area contributed by atoms with Crippen molar-refractivity contribution in [3.05, 3.63) is 65.2 Å². The molecule has 2 saturated carbocycles. The van der Waals surface area contributed by atoms with Gasteiger partial charge in [-0.2, -0.15) is 0 Å². The zero-order valence-electron chi connectivity index (χ0n) is 17.3. The number of hydrogen-bond acceptors (Lipinski definition) is 2. The smallest absolute Gasteiger partial charge is 0.124 e. The summed E-state index contributed by atoms with van der Waals surface area (Å²) < 4.78 is 6.28. The topological polar surface area (TPSA) is 21.3 Å². The van der Waals surface area contributed by atoms with Gasteiger partial charge in [-0.15, -0.1) is 0 Å². The zero-order chi connectivity index (χ0) is 19.2. The Morgan fingerprint density at radius 1 is 0.893 bits per heavy atom. The minimum atomic E-state index is 0.562. The average molecular weight is 378 g/mol. The third-order valence-corrected chi connectivity index (χ3v) is 6.48. The van der Waals surface area contributed by atoms with Crippen LogP contribution in [-0.2, 0) is 13.2 Å². The number of rotatable bonds is 9. The van der Waals surface area contributed by atoms with Gasteiger partial charge in [0.2, 0.25) is 0 Å². The summed E-state index contributed by atoms with van der Waals surface area (Å²) in [5, 5.41) is 3.74. The van der Waals surface area contributed by atoms with Crippen molar-refractivity contribution in [1.82, 2.24) is 5.32 Å². The molecule has 2 aliphatic rings. The Bertz CT molecular complexity index is 746. The van der Waals surface area contributed by atoms with Gasteiger partial charge in [-0.25, -0.2) is 0 Å². The van der Waals surface area contributed by atoms with Crippen molar-refractivity contribution >= 4 is 0 Å². The SMILES string of the molecule is CC(CC1CCCCC1)NCc1ccccc1OCc1ccccc1C1CC1. The minimum absolute atomic E-state index is 0.562. The first kappa shape index (κ1) is 19.5. The van der Waals surface area contributed by atoms with Crippen LogP contribution in [0.4, 0.5) is 0 Å². The van der Waals surface area contributed by atoms with Crippen LogP contribution in [0.2, 0.25) is 0 Å². The van der Waals surface area contributed by atoms with Gasteiger partial charge >= 0.3 is 0 Å². The van der Waals surface area contributed by atoms with Gasteiger partial charge < -0.3 is 10.1 Å². The van der Waals surface area contributed by atoms with Crippen molar-refractivity contribution in [2.75, 3.05) is 0 Å². The van der Waals surface area contributed by atoms with Crippen LogP contribution in [0.5, 0.6) is 5.75 Å². The third kappa shape index (κ3) is 5.38. The molecule has 2 aliphatic carbocycles. The van der Waals surface area contributed by atoms with Crippen LogP contribution >= 0.6 is 0 Å². The van der Waals surface area contributed by atoms with E-state index in [-0.39, 0.29) is 0 Å². The fraction of sp³-hybridized carbons (Fsp3) is 0.538. The number of hydrogen-bond donors (Lipinski definition) is 1. The van der Waals surface area contributed by atoms with Gasteiger partial charge in [0.05, 0.1) is 0 Å². The second-order valence-electron chi connectivity index (χ2n) is 8.89. The van der Waals surface area contributed by atoms with Crippen molar-refractivity contribution in [1.29, 1.82) is 0 Å². The maximum absolute atomic E-state index is 6.28. The van der Waals surface area contributed by atoms with Gasteiger partial charge in [-0.05, 0) is 55.2 Å². The molecule has 0 heterocycles. The monoisotopic (exact) mass is 377 g/mol. The molecule has 0 saturated heterocycles. The Kier molecular flexibility index (Phi) is 6.69. The van der Waals surface area contributed by atoms with Gasteiger partial charge in [0.1, 0.15) is 12.4 Å². The van der Waals surface area contributed by atoms with Crippen LogP contribution < -0.4 is 10.1 Å². The predicted molar refractivity (Wildman–Crippen MR) is 117 cm³/mol. The van der Waals surface area contributed by atoms with Gasteiger partial charge in [-0.3, -0.25) is 0 Å². The fourth-order valence-electron chi connectivity index (χ4n) is 4.69. The molecule has 0 spiro atoms. The summed E-state index contributed by atoms with van der Waals surface area (Å²) in [6.45, 7) is 3.89. The molecular weight excluding hydrogens is 342 g/mol. The highest BCUT2D eigenvalue weighted by Crippen LogP contribution is 2.41. The highest BCUT2D eigenvalue weighted by Gasteiger charge is 2.25. The molecular formula is C26H35NO. The summed E-state index contributed by atoms with van der Waals surface area (Å²) in [5.41, 5.74) is 4.10. The highest BCUT2D eigenvalue weighted by molar-refractivity contribution is 5.36. The number of nitrogens with one attached hydrogen (secondary N) is 1. The van der Waals surface area contributed by atoms with Crippen molar-refractivity contribution in [2.45, 2.75) is 83.4 Å². The second-order valence-corrected chi connectivity index (χ2v) is 8.89. The second kappa shape index (κ2) is 9.60. The summed E-state index contributed by atoms with van der Waals surface area (Å²) in [5.74, 6) is 2.70. The number of para-hydroxylation sites is 1. The Balaban J connectivity index is 1.32. The van der Waals surface area contributed by atoms with Crippen molar-refractivity contribution in [3.63, 3.8) is 0 Å². The summed E-state index contributed by atoms with van der Waals surface area (Å²) in [7, 11) is 0. The molecule has 2 aromatic rings. The standard InChI is InChI=1S/C26H35NO/c1-20(17-21-9-3-2-4-10-21)27-18-23-11-6-8-14-26(23)28-19-24-12-5-7-13-25(24)22-15-16-22/h5-8,11-14,20-22,27H,2-4,9-10,15-19H2,1H3. The van der Waals surface area contributed by atoms with Crippen LogP contribution in [-0.4, -0.2) is 6.04 Å². The first-order chi connectivity index (χ1) is 13.8. The Morgan fingerprint density at radius 3 is 2.39 bits per heavy atom. The van der Waals surface area contributed by atoms with Crippen LogP contribution in [0, 0.1) is 5.92 Å². The maximum atomic E-state index is 6.28. The highest BCUT2D eigenvalue weighted by atomic mass is 16.5. The summed E-state index contributed by atoms with van der Waals surface area (Å²) in [6, 6.07) is 17.9. The first-order valence-corrected chi connectivity index (χ1v) is 11.3. The molecule has 2 nitrogen and oxygen atoms in total. The largest absolute Gasteiger partial charge is 0.489 e. The molecule has 0 aliphatic heterocycles. The fourth-order valence-corrected chi connectivity index (χ4v) is 4.69. The molecule has 1 unspecified atom stereocenters. The minimum Gasteiger partial charge on any atom is -0.489 e. The van der Waals surface area contributed by atoms with Crippen molar-refractivity contribution < 1.29 is 4.74 Å². The number of ether oxygens (including phenoxy) is 1. The lowest BCUT2D eigenvalue weighted by atomic mass is 9.85. The molecule has 4 rings (SSSR count). The van der Waals surface area contributed by atoms with Crippen LogP contribution in [0.15, 0.2) is 48.5 Å². The molecule has 1 N–H and O–H groups in total. The maximum Gasteiger partial charge on any atom is 0.124 e. The van der Waals surface area contributed by atoms with Crippen molar-refractivity contribution in [3.8, 4) is 5.75 Å². The van der Waals surface area contributed by atoms with Crippen molar-refractivity contribution in [2.24, 2.45) is 5.92 Å². The predicted octanol–water partition coefficient (Wildman–Crippen LogP) is 6.59. The summed E-state index contributed by atoms with van der Waals surface area (Å²) in [6.07, 6.45) is 11.1. The molecule has 0 aromatic heterocycles. The molecule has 2 aromatic carbocycles. The molecule has 0 radical (unpaired) electrons. The molecule has 0 amide bonds. The van der Waals surface area contributed by atoms with Crippen LogP contribution in [0.25, 0.3) is 0 Å². The Hall–Kier alpha value is -1.80. The Labute approximate surface area is 170 Å². The Morgan fingerprint density at radius 2 is 1.61 bits per heavy atom. The van der Waals surface area contributed by atoms with E-state index in [2.05, 4.69) is 60.8 Å².